The number of ether oxygens (including phenoxy) is 1. The lowest BCUT2D eigenvalue weighted by Gasteiger charge is -2.29. The van der Waals surface area contributed by atoms with Gasteiger partial charge in [-0.15, -0.1) is 0 Å². The molecule has 1 fully saturated rings. The van der Waals surface area contributed by atoms with Crippen LogP contribution < -0.4 is 9.46 Å². The third-order valence-electron chi connectivity index (χ3n) is 4.12. The maximum atomic E-state index is 12.6. The van der Waals surface area contributed by atoms with Crippen molar-refractivity contribution >= 4 is 16.0 Å². The summed E-state index contributed by atoms with van der Waals surface area (Å²) < 4.78 is 33.0. The first-order chi connectivity index (χ1) is 10.3. The lowest BCUT2D eigenvalue weighted by Crippen LogP contribution is -2.41. The number of sulfonamides is 1. The predicted octanol–water partition coefficient (Wildman–Crippen LogP) is 2.25. The molecule has 2 N–H and O–H groups in total. The van der Waals surface area contributed by atoms with Crippen LogP contribution in [0.25, 0.3) is 0 Å². The third-order valence-corrected chi connectivity index (χ3v) is 5.63. The van der Waals surface area contributed by atoms with Gasteiger partial charge in [0.1, 0.15) is 10.6 Å². The maximum Gasteiger partial charge on any atom is 0.335 e. The van der Waals surface area contributed by atoms with Gasteiger partial charge in [-0.2, -0.15) is 0 Å². The smallest absolute Gasteiger partial charge is 0.335 e. The molecule has 0 amide bonds. The van der Waals surface area contributed by atoms with Gasteiger partial charge in [0.25, 0.3) is 0 Å². The molecule has 6 nitrogen and oxygen atoms in total. The molecule has 2 atom stereocenters. The Hall–Kier alpha value is -1.60. The molecule has 0 aliphatic heterocycles. The summed E-state index contributed by atoms with van der Waals surface area (Å²) in [5, 5.41) is 9.05. The van der Waals surface area contributed by atoms with E-state index >= 15 is 0 Å². The van der Waals surface area contributed by atoms with E-state index < -0.39 is 16.0 Å². The van der Waals surface area contributed by atoms with Crippen LogP contribution in [0.3, 0.4) is 0 Å². The molecule has 7 heteroatoms. The fourth-order valence-electron chi connectivity index (χ4n) is 2.77. The lowest BCUT2D eigenvalue weighted by molar-refractivity contribution is 0.0696. The highest BCUT2D eigenvalue weighted by atomic mass is 32.2. The van der Waals surface area contributed by atoms with E-state index in [1.54, 1.807) is 0 Å². The van der Waals surface area contributed by atoms with E-state index in [0.717, 1.165) is 31.7 Å². The van der Waals surface area contributed by atoms with Crippen LogP contribution in [0.4, 0.5) is 0 Å². The fraction of sp³-hybridized carbons (Fsp3) is 0.533. The standard InChI is InChI=1S/C15H21NO5S/c1-10-5-3-4-6-12(10)16-22(19,20)14-9-11(15(17)18)7-8-13(14)21-2/h7-10,12,16H,3-6H2,1-2H3,(H,17,18). The number of methoxy groups -OCH3 is 1. The highest BCUT2D eigenvalue weighted by Gasteiger charge is 2.29. The normalized spacial score (nSPS) is 22.3. The van der Waals surface area contributed by atoms with Gasteiger partial charge in [-0.1, -0.05) is 19.8 Å². The van der Waals surface area contributed by atoms with E-state index in [2.05, 4.69) is 4.72 Å². The number of hydrogen-bond donors (Lipinski definition) is 2. The van der Waals surface area contributed by atoms with Gasteiger partial charge in [0.05, 0.1) is 12.7 Å². The molecule has 1 aliphatic carbocycles. The van der Waals surface area contributed by atoms with Gasteiger partial charge in [-0.3, -0.25) is 0 Å². The van der Waals surface area contributed by atoms with E-state index in [-0.39, 0.29) is 28.2 Å². The summed E-state index contributed by atoms with van der Waals surface area (Å²) in [5.74, 6) is -0.775. The molecule has 0 radical (unpaired) electrons. The SMILES string of the molecule is COc1ccc(C(=O)O)cc1S(=O)(=O)NC1CCCCC1C. The van der Waals surface area contributed by atoms with Crippen molar-refractivity contribution in [3.8, 4) is 5.75 Å². The Kier molecular flexibility index (Phi) is 5.08. The van der Waals surface area contributed by atoms with Crippen molar-refractivity contribution in [3.05, 3.63) is 23.8 Å². The van der Waals surface area contributed by atoms with Crippen LogP contribution in [0.5, 0.6) is 5.75 Å². The Morgan fingerprint density at radius 2 is 2.00 bits per heavy atom. The second kappa shape index (κ2) is 6.66. The largest absolute Gasteiger partial charge is 0.495 e. The second-order valence-electron chi connectivity index (χ2n) is 5.66. The van der Waals surface area contributed by atoms with Crippen molar-refractivity contribution in [1.82, 2.24) is 4.72 Å². The number of benzene rings is 1. The molecular formula is C15H21NO5S. The van der Waals surface area contributed by atoms with Gasteiger partial charge in [0, 0.05) is 6.04 Å². The number of rotatable bonds is 5. The molecule has 1 saturated carbocycles. The monoisotopic (exact) mass is 327 g/mol. The molecule has 2 rings (SSSR count). The maximum absolute atomic E-state index is 12.6. The number of carbonyl (C=O) groups is 1. The number of carboxylic acids is 1. The Morgan fingerprint density at radius 3 is 2.59 bits per heavy atom. The van der Waals surface area contributed by atoms with Crippen LogP contribution in [-0.4, -0.2) is 32.6 Å². The highest BCUT2D eigenvalue weighted by Crippen LogP contribution is 2.29. The first-order valence-electron chi connectivity index (χ1n) is 7.29. The molecule has 0 aromatic heterocycles. The summed E-state index contributed by atoms with van der Waals surface area (Å²) in [6.07, 6.45) is 3.88. The quantitative estimate of drug-likeness (QED) is 0.865. The van der Waals surface area contributed by atoms with E-state index in [9.17, 15) is 13.2 Å². The fourth-order valence-corrected chi connectivity index (χ4v) is 4.35. The number of nitrogens with one attached hydrogen (secondary N) is 1. The van der Waals surface area contributed by atoms with Crippen molar-refractivity contribution in [1.29, 1.82) is 0 Å². The number of hydrogen-bond acceptors (Lipinski definition) is 4. The van der Waals surface area contributed by atoms with Crippen molar-refractivity contribution in [3.63, 3.8) is 0 Å². The van der Waals surface area contributed by atoms with Crippen LogP contribution >= 0.6 is 0 Å². The molecule has 2 unspecified atom stereocenters. The Balaban J connectivity index is 2.35. The zero-order chi connectivity index (χ0) is 16.3. The van der Waals surface area contributed by atoms with E-state index in [1.807, 2.05) is 6.92 Å². The Bertz CT molecular complexity index is 656. The lowest BCUT2D eigenvalue weighted by atomic mass is 9.87. The molecule has 122 valence electrons. The van der Waals surface area contributed by atoms with Crippen LogP contribution in [0, 0.1) is 5.92 Å². The van der Waals surface area contributed by atoms with Gasteiger partial charge in [0.2, 0.25) is 10.0 Å². The van der Waals surface area contributed by atoms with Crippen molar-refractivity contribution in [2.24, 2.45) is 5.92 Å². The number of aromatic carboxylic acids is 1. The van der Waals surface area contributed by atoms with E-state index in [0.29, 0.717) is 0 Å². The average Bonchev–Trinajstić information content (AvgIpc) is 2.48. The Labute approximate surface area is 130 Å². The summed E-state index contributed by atoms with van der Waals surface area (Å²) in [7, 11) is -2.47. The van der Waals surface area contributed by atoms with Gasteiger partial charge < -0.3 is 9.84 Å². The highest BCUT2D eigenvalue weighted by molar-refractivity contribution is 7.89. The van der Waals surface area contributed by atoms with Gasteiger partial charge >= 0.3 is 5.97 Å². The third kappa shape index (κ3) is 3.59. The van der Waals surface area contributed by atoms with Crippen molar-refractivity contribution < 1.29 is 23.1 Å². The first-order valence-corrected chi connectivity index (χ1v) is 8.77. The molecular weight excluding hydrogens is 306 g/mol. The summed E-state index contributed by atoms with van der Waals surface area (Å²) in [4.78, 5) is 10.9. The minimum absolute atomic E-state index is 0.0853. The number of carboxylic acid groups (broad SMARTS) is 1. The second-order valence-corrected chi connectivity index (χ2v) is 7.34. The first kappa shape index (κ1) is 16.8. The van der Waals surface area contributed by atoms with E-state index in [4.69, 9.17) is 9.84 Å². The predicted molar refractivity (Wildman–Crippen MR) is 81.7 cm³/mol. The summed E-state index contributed by atoms with van der Waals surface area (Å²) >= 11 is 0. The van der Waals surface area contributed by atoms with Gasteiger partial charge in [-0.05, 0) is 37.0 Å². The molecule has 0 bridgehead atoms. The topological polar surface area (TPSA) is 92.7 Å². The van der Waals surface area contributed by atoms with Crippen LogP contribution in [0.15, 0.2) is 23.1 Å². The summed E-state index contributed by atoms with van der Waals surface area (Å²) in [6.45, 7) is 2.03. The molecule has 22 heavy (non-hydrogen) atoms. The summed E-state index contributed by atoms with van der Waals surface area (Å²) in [6, 6.07) is 3.69. The summed E-state index contributed by atoms with van der Waals surface area (Å²) in [5.41, 5.74) is -0.0853. The van der Waals surface area contributed by atoms with E-state index in [1.165, 1.54) is 19.2 Å². The van der Waals surface area contributed by atoms with Crippen LogP contribution in [0.2, 0.25) is 0 Å². The van der Waals surface area contributed by atoms with Crippen molar-refractivity contribution in [2.75, 3.05) is 7.11 Å². The molecule has 0 heterocycles. The average molecular weight is 327 g/mol. The van der Waals surface area contributed by atoms with Crippen LogP contribution in [0.1, 0.15) is 43.0 Å². The Morgan fingerprint density at radius 1 is 1.32 bits per heavy atom. The van der Waals surface area contributed by atoms with Gasteiger partial charge in [-0.25, -0.2) is 17.9 Å². The van der Waals surface area contributed by atoms with Gasteiger partial charge in [0.15, 0.2) is 0 Å². The zero-order valence-corrected chi connectivity index (χ0v) is 13.5. The molecule has 1 aliphatic rings. The molecule has 1 aromatic rings. The molecule has 1 aromatic carbocycles. The minimum atomic E-state index is -3.83. The van der Waals surface area contributed by atoms with Crippen molar-refractivity contribution in [2.45, 2.75) is 43.5 Å². The zero-order valence-electron chi connectivity index (χ0n) is 12.7. The van der Waals surface area contributed by atoms with Crippen LogP contribution in [-0.2, 0) is 10.0 Å². The minimum Gasteiger partial charge on any atom is -0.495 e. The molecule has 0 saturated heterocycles. The molecule has 0 spiro atoms.